The van der Waals surface area contributed by atoms with Crippen LogP contribution in [-0.2, 0) is 0 Å². The molecule has 1 saturated heterocycles. The number of rotatable bonds is 6. The second-order valence-corrected chi connectivity index (χ2v) is 8.36. The lowest BCUT2D eigenvalue weighted by Gasteiger charge is -2.24. The quantitative estimate of drug-likeness (QED) is 0.834. The lowest BCUT2D eigenvalue weighted by molar-refractivity contribution is 0.125. The second-order valence-electron chi connectivity index (χ2n) is 6.68. The molecule has 5 heteroatoms. The van der Waals surface area contributed by atoms with E-state index in [0.717, 1.165) is 41.0 Å². The zero-order valence-corrected chi connectivity index (χ0v) is 14.6. The van der Waals surface area contributed by atoms with E-state index in [4.69, 9.17) is 17.3 Å². The third-order valence-corrected chi connectivity index (χ3v) is 6.68. The van der Waals surface area contributed by atoms with E-state index in [2.05, 4.69) is 11.8 Å². The Morgan fingerprint density at radius 2 is 2.09 bits per heavy atom. The van der Waals surface area contributed by atoms with Crippen molar-refractivity contribution < 1.29 is 5.11 Å². The summed E-state index contributed by atoms with van der Waals surface area (Å²) >= 11 is 8.23. The predicted octanol–water partition coefficient (Wildman–Crippen LogP) is 3.30. The molecule has 1 aliphatic carbocycles. The van der Waals surface area contributed by atoms with Gasteiger partial charge in [-0.05, 0) is 56.0 Å². The zero-order valence-electron chi connectivity index (χ0n) is 13.0. The second kappa shape index (κ2) is 7.10. The fourth-order valence-corrected chi connectivity index (χ4v) is 4.62. The molecule has 3 rings (SSSR count). The van der Waals surface area contributed by atoms with Crippen LogP contribution in [0.2, 0.25) is 5.02 Å². The van der Waals surface area contributed by atoms with Crippen LogP contribution in [0.15, 0.2) is 23.1 Å². The molecule has 22 heavy (non-hydrogen) atoms. The van der Waals surface area contributed by atoms with Crippen LogP contribution in [0.1, 0.15) is 37.9 Å². The minimum absolute atomic E-state index is 0.267. The highest BCUT2D eigenvalue weighted by Crippen LogP contribution is 2.46. The van der Waals surface area contributed by atoms with Gasteiger partial charge in [-0.25, -0.2) is 0 Å². The van der Waals surface area contributed by atoms with Gasteiger partial charge in [-0.3, -0.25) is 0 Å². The SMILES string of the molecule is CC1CC1Sc1ccc([C@@H](O)[C@H](N)CN2CCCC2)cc1Cl. The van der Waals surface area contributed by atoms with Crippen molar-refractivity contribution in [1.82, 2.24) is 4.90 Å². The molecule has 3 N–H and O–H groups in total. The smallest absolute Gasteiger partial charge is 0.0953 e. The van der Waals surface area contributed by atoms with Gasteiger partial charge < -0.3 is 15.7 Å². The van der Waals surface area contributed by atoms with E-state index in [9.17, 15) is 5.11 Å². The van der Waals surface area contributed by atoms with Crippen molar-refractivity contribution in [2.24, 2.45) is 11.7 Å². The molecule has 0 aromatic heterocycles. The van der Waals surface area contributed by atoms with Crippen LogP contribution in [0, 0.1) is 5.92 Å². The highest BCUT2D eigenvalue weighted by molar-refractivity contribution is 8.00. The monoisotopic (exact) mass is 340 g/mol. The van der Waals surface area contributed by atoms with Crippen molar-refractivity contribution in [2.45, 2.75) is 48.5 Å². The summed E-state index contributed by atoms with van der Waals surface area (Å²) in [7, 11) is 0. The molecule has 0 spiro atoms. The molecule has 0 bridgehead atoms. The summed E-state index contributed by atoms with van der Waals surface area (Å²) in [6, 6.07) is 5.61. The largest absolute Gasteiger partial charge is 0.387 e. The molecule has 3 nitrogen and oxygen atoms in total. The lowest BCUT2D eigenvalue weighted by Crippen LogP contribution is -2.40. The van der Waals surface area contributed by atoms with Crippen LogP contribution in [0.3, 0.4) is 0 Å². The molecule has 1 aromatic rings. The van der Waals surface area contributed by atoms with Crippen LogP contribution >= 0.6 is 23.4 Å². The Hall–Kier alpha value is -0.260. The first-order valence-electron chi connectivity index (χ1n) is 8.16. The molecule has 122 valence electrons. The number of thioether (sulfide) groups is 1. The molecular formula is C17H25ClN2OS. The maximum atomic E-state index is 10.5. The van der Waals surface area contributed by atoms with Gasteiger partial charge in [0.15, 0.2) is 0 Å². The standard InChI is InChI=1S/C17H25ClN2OS/c1-11-8-16(11)22-15-5-4-12(9-13(15)18)17(21)14(19)10-20-6-2-3-7-20/h4-5,9,11,14,16-17,21H,2-3,6-8,10,19H2,1H3/t11?,14-,16?,17-/m1/s1. The van der Waals surface area contributed by atoms with Gasteiger partial charge in [0.1, 0.15) is 0 Å². The first kappa shape index (κ1) is 16.6. The van der Waals surface area contributed by atoms with Gasteiger partial charge in [-0.2, -0.15) is 0 Å². The Bertz CT molecular complexity index is 521. The van der Waals surface area contributed by atoms with Gasteiger partial charge in [-0.1, -0.05) is 24.6 Å². The summed E-state index contributed by atoms with van der Waals surface area (Å²) in [6.07, 6.45) is 3.09. The zero-order chi connectivity index (χ0) is 15.7. The number of aliphatic hydroxyl groups is 1. The fraction of sp³-hybridized carbons (Fsp3) is 0.647. The number of halogens is 1. The minimum Gasteiger partial charge on any atom is -0.387 e. The average molecular weight is 341 g/mol. The summed E-state index contributed by atoms with van der Waals surface area (Å²) < 4.78 is 0. The maximum absolute atomic E-state index is 10.5. The number of benzene rings is 1. The van der Waals surface area contributed by atoms with Crippen molar-refractivity contribution in [3.8, 4) is 0 Å². The van der Waals surface area contributed by atoms with E-state index in [0.29, 0.717) is 5.25 Å². The molecule has 1 heterocycles. The first-order chi connectivity index (χ1) is 10.5. The number of nitrogens with two attached hydrogens (primary N) is 1. The molecule has 1 aromatic carbocycles. The summed E-state index contributed by atoms with van der Waals surface area (Å²) in [5.74, 6) is 0.792. The van der Waals surface area contributed by atoms with Crippen LogP contribution in [0.25, 0.3) is 0 Å². The maximum Gasteiger partial charge on any atom is 0.0953 e. The van der Waals surface area contributed by atoms with E-state index < -0.39 is 6.10 Å². The Morgan fingerprint density at radius 1 is 1.41 bits per heavy atom. The van der Waals surface area contributed by atoms with Gasteiger partial charge >= 0.3 is 0 Å². The Labute approximate surface area is 142 Å². The third-order valence-electron chi connectivity index (χ3n) is 4.68. The number of aliphatic hydroxyl groups excluding tert-OH is 1. The van der Waals surface area contributed by atoms with Crippen LogP contribution in [0.5, 0.6) is 0 Å². The van der Waals surface area contributed by atoms with E-state index in [-0.39, 0.29) is 6.04 Å². The van der Waals surface area contributed by atoms with E-state index >= 15 is 0 Å². The first-order valence-corrected chi connectivity index (χ1v) is 9.42. The third kappa shape index (κ3) is 3.98. The molecular weight excluding hydrogens is 316 g/mol. The van der Waals surface area contributed by atoms with Crippen LogP contribution in [0.4, 0.5) is 0 Å². The summed E-state index contributed by atoms with van der Waals surface area (Å²) in [4.78, 5) is 3.44. The summed E-state index contributed by atoms with van der Waals surface area (Å²) in [6.45, 7) is 5.20. The molecule has 2 fully saturated rings. The number of likely N-dealkylation sites (tertiary alicyclic amines) is 1. The predicted molar refractivity (Wildman–Crippen MR) is 93.5 cm³/mol. The Balaban J connectivity index is 1.61. The van der Waals surface area contributed by atoms with Crippen molar-refractivity contribution in [1.29, 1.82) is 0 Å². The summed E-state index contributed by atoms with van der Waals surface area (Å²) in [5, 5.41) is 11.9. The molecule has 2 aliphatic rings. The highest BCUT2D eigenvalue weighted by Gasteiger charge is 2.34. The molecule has 2 unspecified atom stereocenters. The van der Waals surface area contributed by atoms with Gasteiger partial charge in [0.25, 0.3) is 0 Å². The van der Waals surface area contributed by atoms with Crippen molar-refractivity contribution in [3.05, 3.63) is 28.8 Å². The Morgan fingerprint density at radius 3 is 2.68 bits per heavy atom. The van der Waals surface area contributed by atoms with Crippen molar-refractivity contribution in [3.63, 3.8) is 0 Å². The number of hydrogen-bond acceptors (Lipinski definition) is 4. The molecule has 1 saturated carbocycles. The van der Waals surface area contributed by atoms with E-state index in [1.54, 1.807) is 0 Å². The highest BCUT2D eigenvalue weighted by atomic mass is 35.5. The summed E-state index contributed by atoms with van der Waals surface area (Å²) in [5.41, 5.74) is 7.01. The minimum atomic E-state index is -0.656. The topological polar surface area (TPSA) is 49.5 Å². The number of nitrogens with zero attached hydrogens (tertiary/aromatic N) is 1. The van der Waals surface area contributed by atoms with Crippen molar-refractivity contribution in [2.75, 3.05) is 19.6 Å². The lowest BCUT2D eigenvalue weighted by atomic mass is 10.0. The molecule has 4 atom stereocenters. The normalized spacial score (nSPS) is 27.8. The van der Waals surface area contributed by atoms with Crippen LogP contribution in [-0.4, -0.2) is 40.9 Å². The van der Waals surface area contributed by atoms with E-state index in [1.165, 1.54) is 19.3 Å². The molecule has 0 amide bonds. The van der Waals surface area contributed by atoms with Gasteiger partial charge in [0.2, 0.25) is 0 Å². The molecule has 1 aliphatic heterocycles. The van der Waals surface area contributed by atoms with Gasteiger partial charge in [0.05, 0.1) is 11.1 Å². The molecule has 0 radical (unpaired) electrons. The van der Waals surface area contributed by atoms with Crippen LogP contribution < -0.4 is 5.73 Å². The Kier molecular flexibility index (Phi) is 5.35. The van der Waals surface area contributed by atoms with E-state index in [1.807, 2.05) is 30.0 Å². The van der Waals surface area contributed by atoms with Crippen molar-refractivity contribution >= 4 is 23.4 Å². The van der Waals surface area contributed by atoms with Gasteiger partial charge in [-0.15, -0.1) is 11.8 Å². The van der Waals surface area contributed by atoms with Gasteiger partial charge in [0, 0.05) is 22.7 Å². The average Bonchev–Trinajstić information content (AvgIpc) is 2.97. The fourth-order valence-electron chi connectivity index (χ4n) is 3.02. The number of hydrogen-bond donors (Lipinski definition) is 2.